The van der Waals surface area contributed by atoms with Crippen LogP contribution < -0.4 is 10.2 Å². The number of ether oxygens (including phenoxy) is 1. The molecule has 1 aliphatic rings. The van der Waals surface area contributed by atoms with E-state index < -0.39 is 29.7 Å². The Bertz CT molecular complexity index is 1350. The molecule has 0 aliphatic carbocycles. The molecule has 0 unspecified atom stereocenters. The summed E-state index contributed by atoms with van der Waals surface area (Å²) in [6.45, 7) is 1.90. The van der Waals surface area contributed by atoms with Crippen LogP contribution in [0.2, 0.25) is 0 Å². The quantitative estimate of drug-likeness (QED) is 0.426. The lowest BCUT2D eigenvalue weighted by molar-refractivity contribution is 0.0525. The maximum absolute atomic E-state index is 13.0. The lowest BCUT2D eigenvalue weighted by atomic mass is 10.0. The summed E-state index contributed by atoms with van der Waals surface area (Å²) in [6, 6.07) is 15.8. The summed E-state index contributed by atoms with van der Waals surface area (Å²) in [5.41, 5.74) is 0.815. The van der Waals surface area contributed by atoms with Crippen LogP contribution in [-0.2, 0) is 4.74 Å². The number of imide groups is 1. The van der Waals surface area contributed by atoms with Crippen molar-refractivity contribution in [2.24, 2.45) is 0 Å². The van der Waals surface area contributed by atoms with Crippen LogP contribution in [0.3, 0.4) is 0 Å². The molecular weight excluding hydrogens is 440 g/mol. The molecule has 0 saturated heterocycles. The Labute approximate surface area is 193 Å². The molecule has 0 atom stereocenters. The van der Waals surface area contributed by atoms with Crippen LogP contribution in [0.25, 0.3) is 0 Å². The number of esters is 1. The lowest BCUT2D eigenvalue weighted by Crippen LogP contribution is -2.29. The number of carboxylic acid groups (broad SMARTS) is 1. The van der Waals surface area contributed by atoms with Gasteiger partial charge >= 0.3 is 11.9 Å². The molecule has 0 bridgehead atoms. The van der Waals surface area contributed by atoms with Gasteiger partial charge in [-0.15, -0.1) is 0 Å². The summed E-state index contributed by atoms with van der Waals surface area (Å²) in [5.74, 6) is -3.53. The van der Waals surface area contributed by atoms with Crippen molar-refractivity contribution in [1.82, 2.24) is 0 Å². The number of aromatic carboxylic acids is 1. The minimum absolute atomic E-state index is 0.0404. The number of para-hydroxylation sites is 1. The summed E-state index contributed by atoms with van der Waals surface area (Å²) >= 11 is 0. The van der Waals surface area contributed by atoms with Crippen LogP contribution in [0.1, 0.15) is 58.7 Å². The minimum Gasteiger partial charge on any atom is -0.478 e. The molecule has 34 heavy (non-hydrogen) atoms. The molecule has 0 aromatic heterocycles. The Morgan fingerprint density at radius 2 is 1.53 bits per heavy atom. The van der Waals surface area contributed by atoms with Gasteiger partial charge < -0.3 is 15.2 Å². The van der Waals surface area contributed by atoms with Crippen LogP contribution in [0.5, 0.6) is 0 Å². The molecule has 170 valence electrons. The zero-order valence-electron chi connectivity index (χ0n) is 17.9. The highest BCUT2D eigenvalue weighted by Crippen LogP contribution is 2.30. The molecule has 1 heterocycles. The molecule has 0 spiro atoms. The second kappa shape index (κ2) is 8.99. The van der Waals surface area contributed by atoms with E-state index in [0.29, 0.717) is 0 Å². The standard InChI is InChI=1S/C25H18N2O7/c1-2-34-25(33)14-7-10-16(11-8-14)27-22(29)17-12-9-15(13-19(17)23(27)30)21(28)26-20-6-4-3-5-18(20)24(31)32/h3-13H,2H2,1H3,(H,26,28)(H,31,32). The number of nitrogens with one attached hydrogen (secondary N) is 1. The van der Waals surface area contributed by atoms with Crippen LogP contribution in [0.15, 0.2) is 66.7 Å². The lowest BCUT2D eigenvalue weighted by Gasteiger charge is -2.14. The van der Waals surface area contributed by atoms with Gasteiger partial charge in [0, 0.05) is 5.56 Å². The van der Waals surface area contributed by atoms with Crippen molar-refractivity contribution in [3.63, 3.8) is 0 Å². The molecule has 3 aromatic rings. The Hall–Kier alpha value is -4.79. The van der Waals surface area contributed by atoms with E-state index >= 15 is 0 Å². The van der Waals surface area contributed by atoms with Gasteiger partial charge in [0.2, 0.25) is 0 Å². The van der Waals surface area contributed by atoms with Crippen molar-refractivity contribution in [3.8, 4) is 0 Å². The van der Waals surface area contributed by atoms with Gasteiger partial charge in [-0.25, -0.2) is 14.5 Å². The fourth-order valence-electron chi connectivity index (χ4n) is 3.55. The number of amides is 3. The first-order chi connectivity index (χ1) is 16.3. The number of carboxylic acids is 1. The second-order valence-corrected chi connectivity index (χ2v) is 7.28. The van der Waals surface area contributed by atoms with Gasteiger partial charge in [0.05, 0.1) is 40.2 Å². The molecule has 9 heteroatoms. The molecular formula is C25H18N2O7. The van der Waals surface area contributed by atoms with Gasteiger partial charge in [-0.05, 0) is 61.5 Å². The zero-order valence-corrected chi connectivity index (χ0v) is 17.9. The highest BCUT2D eigenvalue weighted by atomic mass is 16.5. The van der Waals surface area contributed by atoms with Gasteiger partial charge in [-0.1, -0.05) is 12.1 Å². The van der Waals surface area contributed by atoms with Crippen LogP contribution in [0.4, 0.5) is 11.4 Å². The van der Waals surface area contributed by atoms with E-state index in [1.165, 1.54) is 60.7 Å². The predicted octanol–water partition coefficient (Wildman–Crippen LogP) is 3.61. The molecule has 3 aromatic carbocycles. The number of anilines is 2. The molecule has 0 radical (unpaired) electrons. The SMILES string of the molecule is CCOC(=O)c1ccc(N2C(=O)c3ccc(C(=O)Nc4ccccc4C(=O)O)cc3C2=O)cc1. The maximum atomic E-state index is 13.0. The van der Waals surface area contributed by atoms with E-state index in [2.05, 4.69) is 5.32 Å². The van der Waals surface area contributed by atoms with Crippen molar-refractivity contribution in [3.05, 3.63) is 94.5 Å². The van der Waals surface area contributed by atoms with Crippen molar-refractivity contribution in [2.45, 2.75) is 6.92 Å². The van der Waals surface area contributed by atoms with Gasteiger partial charge in [0.25, 0.3) is 17.7 Å². The molecule has 2 N–H and O–H groups in total. The number of carbonyl (C=O) groups excluding carboxylic acids is 4. The topological polar surface area (TPSA) is 130 Å². The smallest absolute Gasteiger partial charge is 0.338 e. The van der Waals surface area contributed by atoms with Crippen molar-refractivity contribution in [2.75, 3.05) is 16.8 Å². The molecule has 0 fully saturated rings. The first kappa shape index (κ1) is 22.4. The number of benzene rings is 3. The number of fused-ring (bicyclic) bond motifs is 1. The number of carbonyl (C=O) groups is 5. The average Bonchev–Trinajstić information content (AvgIpc) is 3.09. The van der Waals surface area contributed by atoms with Crippen LogP contribution in [0, 0.1) is 0 Å². The summed E-state index contributed by atoms with van der Waals surface area (Å²) in [4.78, 5) is 62.8. The Morgan fingerprint density at radius 1 is 0.882 bits per heavy atom. The highest BCUT2D eigenvalue weighted by Gasteiger charge is 2.37. The zero-order chi connectivity index (χ0) is 24.4. The average molecular weight is 458 g/mol. The Kier molecular flexibility index (Phi) is 5.92. The van der Waals surface area contributed by atoms with Crippen LogP contribution in [-0.4, -0.2) is 41.4 Å². The van der Waals surface area contributed by atoms with E-state index in [1.807, 2.05) is 0 Å². The summed E-state index contributed by atoms with van der Waals surface area (Å²) in [6.07, 6.45) is 0. The highest BCUT2D eigenvalue weighted by molar-refractivity contribution is 6.34. The Balaban J connectivity index is 1.59. The Morgan fingerprint density at radius 3 is 2.21 bits per heavy atom. The van der Waals surface area contributed by atoms with Crippen molar-refractivity contribution in [1.29, 1.82) is 0 Å². The minimum atomic E-state index is -1.20. The fourth-order valence-corrected chi connectivity index (χ4v) is 3.55. The van der Waals surface area contributed by atoms with E-state index in [0.717, 1.165) is 4.90 Å². The number of rotatable bonds is 6. The maximum Gasteiger partial charge on any atom is 0.338 e. The van der Waals surface area contributed by atoms with Gasteiger partial charge in [0.1, 0.15) is 0 Å². The first-order valence-electron chi connectivity index (χ1n) is 10.3. The third-order valence-corrected chi connectivity index (χ3v) is 5.19. The number of nitrogens with zero attached hydrogens (tertiary/aromatic N) is 1. The third kappa shape index (κ3) is 4.02. The molecule has 1 aliphatic heterocycles. The summed E-state index contributed by atoms with van der Waals surface area (Å²) < 4.78 is 4.93. The van der Waals surface area contributed by atoms with E-state index in [-0.39, 0.29) is 45.8 Å². The summed E-state index contributed by atoms with van der Waals surface area (Å²) in [5, 5.41) is 11.8. The number of hydrogen-bond donors (Lipinski definition) is 2. The monoisotopic (exact) mass is 458 g/mol. The van der Waals surface area contributed by atoms with E-state index in [4.69, 9.17) is 4.74 Å². The fraction of sp³-hybridized carbons (Fsp3) is 0.0800. The molecule has 9 nitrogen and oxygen atoms in total. The third-order valence-electron chi connectivity index (χ3n) is 5.19. The molecule has 4 rings (SSSR count). The summed E-state index contributed by atoms with van der Waals surface area (Å²) in [7, 11) is 0. The van der Waals surface area contributed by atoms with Gasteiger partial charge in [-0.3, -0.25) is 14.4 Å². The van der Waals surface area contributed by atoms with Gasteiger partial charge in [0.15, 0.2) is 0 Å². The van der Waals surface area contributed by atoms with E-state index in [1.54, 1.807) is 13.0 Å². The van der Waals surface area contributed by atoms with Crippen molar-refractivity contribution >= 4 is 41.0 Å². The number of hydrogen-bond acceptors (Lipinski definition) is 6. The second-order valence-electron chi connectivity index (χ2n) is 7.28. The van der Waals surface area contributed by atoms with E-state index in [9.17, 15) is 29.1 Å². The predicted molar refractivity (Wildman–Crippen MR) is 121 cm³/mol. The molecule has 0 saturated carbocycles. The van der Waals surface area contributed by atoms with Crippen LogP contribution >= 0.6 is 0 Å². The molecule has 3 amide bonds. The largest absolute Gasteiger partial charge is 0.478 e. The first-order valence-corrected chi connectivity index (χ1v) is 10.3. The van der Waals surface area contributed by atoms with Crippen molar-refractivity contribution < 1.29 is 33.8 Å². The normalized spacial score (nSPS) is 12.3. The van der Waals surface area contributed by atoms with Gasteiger partial charge in [-0.2, -0.15) is 0 Å².